The van der Waals surface area contributed by atoms with Gasteiger partial charge in [0.1, 0.15) is 29.8 Å². The van der Waals surface area contributed by atoms with Crippen molar-refractivity contribution in [2.24, 2.45) is 0 Å². The van der Waals surface area contributed by atoms with Gasteiger partial charge in [-0.15, -0.1) is 0 Å². The fraction of sp³-hybridized carbons (Fsp3) is 0.296. The predicted octanol–water partition coefficient (Wildman–Crippen LogP) is 6.09. The Morgan fingerprint density at radius 3 is 2.57 bits per heavy atom. The third-order valence-corrected chi connectivity index (χ3v) is 6.40. The molecule has 0 unspecified atom stereocenters. The summed E-state index contributed by atoms with van der Waals surface area (Å²) in [5, 5.41) is 10.8. The molecule has 2 aliphatic heterocycles. The van der Waals surface area contributed by atoms with Crippen molar-refractivity contribution in [2.75, 3.05) is 22.9 Å². The van der Waals surface area contributed by atoms with Crippen LogP contribution < -0.4 is 9.80 Å². The summed E-state index contributed by atoms with van der Waals surface area (Å²) in [6.45, 7) is 8.03. The molecule has 0 saturated carbocycles. The molecule has 5 nitrogen and oxygen atoms in total. The first-order valence-corrected chi connectivity index (χ1v) is 11.7. The Morgan fingerprint density at radius 1 is 1.17 bits per heavy atom. The lowest BCUT2D eigenvalue weighted by Gasteiger charge is -2.33. The maximum Gasteiger partial charge on any atom is 0.137 e. The molecule has 2 aliphatic rings. The van der Waals surface area contributed by atoms with Gasteiger partial charge in [0.25, 0.3) is 0 Å². The summed E-state index contributed by atoms with van der Waals surface area (Å²) in [5.74, 6) is -0.195. The van der Waals surface area contributed by atoms with Crippen molar-refractivity contribution in [3.63, 3.8) is 0 Å². The van der Waals surface area contributed by atoms with E-state index in [1.165, 1.54) is 18.2 Å². The van der Waals surface area contributed by atoms with Gasteiger partial charge in [0, 0.05) is 42.5 Å². The molecule has 0 aliphatic carbocycles. The van der Waals surface area contributed by atoms with E-state index in [-0.39, 0.29) is 12.2 Å². The van der Waals surface area contributed by atoms with Crippen LogP contribution in [0.25, 0.3) is 0 Å². The first-order valence-electron chi connectivity index (χ1n) is 11.3. The zero-order valence-electron chi connectivity index (χ0n) is 20.1. The maximum absolute atomic E-state index is 14.0. The molecule has 0 amide bonds. The van der Waals surface area contributed by atoms with Crippen molar-refractivity contribution >= 4 is 23.1 Å². The molecule has 0 fully saturated rings. The van der Waals surface area contributed by atoms with E-state index in [1.54, 1.807) is 26.1 Å². The lowest BCUT2D eigenvalue weighted by atomic mass is 9.96. The zero-order chi connectivity index (χ0) is 25.3. The van der Waals surface area contributed by atoms with E-state index in [0.29, 0.717) is 23.9 Å². The number of anilines is 2. The van der Waals surface area contributed by atoms with Crippen LogP contribution in [-0.4, -0.2) is 28.8 Å². The minimum absolute atomic E-state index is 0.137. The van der Waals surface area contributed by atoms with Crippen LogP contribution in [0.15, 0.2) is 77.0 Å². The van der Waals surface area contributed by atoms with Gasteiger partial charge in [0.05, 0.1) is 22.7 Å². The third kappa shape index (κ3) is 5.41. The van der Waals surface area contributed by atoms with Gasteiger partial charge in [0.2, 0.25) is 0 Å². The normalized spacial score (nSPS) is 16.5. The van der Waals surface area contributed by atoms with E-state index in [1.807, 2.05) is 48.1 Å². The second-order valence-electron chi connectivity index (χ2n) is 9.18. The first-order chi connectivity index (χ1) is 16.5. The standard InChI is InChI=1S/C27H28ClF2N3O2/c1-17-13-31-26(32-10-6-7-19(14-32)27(3,4)34)12-24(17)33-15-21(28)25(11-18(33)2)35-16-20-22(29)8-5-9-23(20)30/h5-13,34H,14-16H2,1-4H3. The number of nitrogens with zero attached hydrogens (tertiary/aromatic N) is 3. The van der Waals surface area contributed by atoms with Gasteiger partial charge in [-0.2, -0.15) is 0 Å². The number of aryl methyl sites for hydroxylation is 1. The van der Waals surface area contributed by atoms with Crippen LogP contribution in [0, 0.1) is 18.6 Å². The number of pyridine rings is 1. The van der Waals surface area contributed by atoms with E-state index in [2.05, 4.69) is 4.98 Å². The van der Waals surface area contributed by atoms with E-state index < -0.39 is 17.2 Å². The summed E-state index contributed by atoms with van der Waals surface area (Å²) in [7, 11) is 0. The Kier molecular flexibility index (Phi) is 7.01. The Hall–Kier alpha value is -3.16. The predicted molar refractivity (Wildman–Crippen MR) is 135 cm³/mol. The maximum atomic E-state index is 14.0. The molecule has 1 aromatic heterocycles. The topological polar surface area (TPSA) is 48.8 Å². The Morgan fingerprint density at radius 2 is 1.89 bits per heavy atom. The van der Waals surface area contributed by atoms with E-state index in [4.69, 9.17) is 16.3 Å². The van der Waals surface area contributed by atoms with Gasteiger partial charge in [-0.1, -0.05) is 23.7 Å². The lowest BCUT2D eigenvalue weighted by molar-refractivity contribution is 0.118. The Labute approximate surface area is 209 Å². The van der Waals surface area contributed by atoms with E-state index >= 15 is 0 Å². The monoisotopic (exact) mass is 499 g/mol. The molecular formula is C27H28ClF2N3O2. The SMILES string of the molecule is CC1=CC(OCc2c(F)cccc2F)=C(Cl)CN1c1cc(N2C=CC=C(C(C)(C)O)C2)ncc1C. The highest BCUT2D eigenvalue weighted by atomic mass is 35.5. The van der Waals surface area contributed by atoms with Crippen LogP contribution in [0.1, 0.15) is 31.9 Å². The smallest absolute Gasteiger partial charge is 0.137 e. The third-order valence-electron chi connectivity index (χ3n) is 6.10. The number of hydrogen-bond acceptors (Lipinski definition) is 5. The second-order valence-corrected chi connectivity index (χ2v) is 9.64. The van der Waals surface area contributed by atoms with Crippen molar-refractivity contribution in [3.05, 3.63) is 99.7 Å². The van der Waals surface area contributed by atoms with E-state index in [0.717, 1.165) is 28.3 Å². The summed E-state index contributed by atoms with van der Waals surface area (Å²) < 4.78 is 33.6. The largest absolute Gasteiger partial charge is 0.487 e. The number of rotatable bonds is 6. The number of aliphatic hydroxyl groups is 1. The molecule has 4 rings (SSSR count). The number of allylic oxidation sites excluding steroid dienone is 4. The summed E-state index contributed by atoms with van der Waals surface area (Å²) in [4.78, 5) is 8.61. The molecule has 0 spiro atoms. The van der Waals surface area contributed by atoms with Gasteiger partial charge < -0.3 is 19.6 Å². The summed E-state index contributed by atoms with van der Waals surface area (Å²) in [6, 6.07) is 5.69. The quantitative estimate of drug-likeness (QED) is 0.521. The van der Waals surface area contributed by atoms with Gasteiger partial charge in [-0.3, -0.25) is 0 Å². The van der Waals surface area contributed by atoms with Crippen LogP contribution in [0.5, 0.6) is 0 Å². The highest BCUT2D eigenvalue weighted by Gasteiger charge is 2.25. The van der Waals surface area contributed by atoms with E-state index in [9.17, 15) is 13.9 Å². The summed E-state index contributed by atoms with van der Waals surface area (Å²) in [5.41, 5.74) is 2.57. The molecule has 0 saturated heterocycles. The molecule has 3 heterocycles. The molecule has 1 N–H and O–H groups in total. The fourth-order valence-corrected chi connectivity index (χ4v) is 4.19. The number of aromatic nitrogens is 1. The second kappa shape index (κ2) is 9.84. The zero-order valence-corrected chi connectivity index (χ0v) is 20.9. The highest BCUT2D eigenvalue weighted by molar-refractivity contribution is 6.30. The fourth-order valence-electron chi connectivity index (χ4n) is 3.96. The molecule has 184 valence electrons. The van der Waals surface area contributed by atoms with Gasteiger partial charge >= 0.3 is 0 Å². The van der Waals surface area contributed by atoms with Crippen LogP contribution >= 0.6 is 11.6 Å². The van der Waals surface area contributed by atoms with Crippen LogP contribution in [0.2, 0.25) is 0 Å². The van der Waals surface area contributed by atoms with Crippen LogP contribution in [0.3, 0.4) is 0 Å². The van der Waals surface area contributed by atoms with Gasteiger partial charge in [-0.05, 0) is 57.0 Å². The van der Waals surface area contributed by atoms with Crippen LogP contribution in [0.4, 0.5) is 20.3 Å². The lowest BCUT2D eigenvalue weighted by Crippen LogP contribution is -2.33. The number of halogens is 3. The molecule has 0 atom stereocenters. The Bertz CT molecular complexity index is 1240. The van der Waals surface area contributed by atoms with Crippen molar-refractivity contribution in [2.45, 2.75) is 39.9 Å². The molecular weight excluding hydrogens is 472 g/mol. The van der Waals surface area contributed by atoms with Crippen molar-refractivity contribution in [3.8, 4) is 0 Å². The summed E-state index contributed by atoms with van der Waals surface area (Å²) in [6.07, 6.45) is 9.31. The molecule has 35 heavy (non-hydrogen) atoms. The molecule has 2 aromatic rings. The molecule has 1 aromatic carbocycles. The average Bonchev–Trinajstić information content (AvgIpc) is 2.80. The number of hydrogen-bond donors (Lipinski definition) is 1. The minimum Gasteiger partial charge on any atom is -0.487 e. The minimum atomic E-state index is -0.928. The number of benzene rings is 1. The molecule has 0 radical (unpaired) electrons. The number of ether oxygens (including phenoxy) is 1. The molecule has 8 heteroatoms. The van der Waals surface area contributed by atoms with Crippen molar-refractivity contribution < 1.29 is 18.6 Å². The first kappa shape index (κ1) is 24.9. The van der Waals surface area contributed by atoms with Gasteiger partial charge in [0.15, 0.2) is 0 Å². The van der Waals surface area contributed by atoms with Crippen molar-refractivity contribution in [1.82, 2.24) is 4.98 Å². The van der Waals surface area contributed by atoms with Gasteiger partial charge in [-0.25, -0.2) is 13.8 Å². The average molecular weight is 500 g/mol. The van der Waals surface area contributed by atoms with Crippen LogP contribution in [-0.2, 0) is 11.3 Å². The highest BCUT2D eigenvalue weighted by Crippen LogP contribution is 2.34. The summed E-state index contributed by atoms with van der Waals surface area (Å²) >= 11 is 6.56. The Balaban J connectivity index is 1.54. The molecule has 0 bridgehead atoms. The van der Waals surface area contributed by atoms with Crippen molar-refractivity contribution in [1.29, 1.82) is 0 Å².